The maximum Gasteiger partial charge on any atom is 0.182 e. The number of pyridine rings is 1. The SMILES string of the molecule is CC(C)C(Nc1ncnc2nc[nH]c12)c1nn(-c2cccnc2)c2cc(F)ccc12. The van der Waals surface area contributed by atoms with Gasteiger partial charge in [-0.25, -0.2) is 24.0 Å². The molecule has 8 nitrogen and oxygen atoms in total. The summed E-state index contributed by atoms with van der Waals surface area (Å²) in [5, 5.41) is 9.21. The van der Waals surface area contributed by atoms with E-state index in [-0.39, 0.29) is 17.8 Å². The second-order valence-electron chi connectivity index (χ2n) is 7.36. The number of H-pyrrole nitrogens is 1. The van der Waals surface area contributed by atoms with Gasteiger partial charge in [-0.3, -0.25) is 4.98 Å². The second-order valence-corrected chi connectivity index (χ2v) is 7.36. The van der Waals surface area contributed by atoms with E-state index in [1.54, 1.807) is 29.5 Å². The minimum absolute atomic E-state index is 0.170. The van der Waals surface area contributed by atoms with Gasteiger partial charge in [-0.1, -0.05) is 13.8 Å². The third-order valence-electron chi connectivity index (χ3n) is 5.04. The minimum Gasteiger partial charge on any atom is -0.359 e. The highest BCUT2D eigenvalue weighted by Gasteiger charge is 2.25. The summed E-state index contributed by atoms with van der Waals surface area (Å²) in [6.45, 7) is 4.20. The number of rotatable bonds is 5. The van der Waals surface area contributed by atoms with Gasteiger partial charge in [0.2, 0.25) is 0 Å². The summed E-state index contributed by atoms with van der Waals surface area (Å²) in [6, 6.07) is 8.25. The fourth-order valence-electron chi connectivity index (χ4n) is 3.59. The molecule has 0 saturated heterocycles. The molecule has 9 heteroatoms. The Balaban J connectivity index is 1.67. The first kappa shape index (κ1) is 18.2. The van der Waals surface area contributed by atoms with Gasteiger partial charge in [0.1, 0.15) is 17.7 Å². The summed E-state index contributed by atoms with van der Waals surface area (Å²) < 4.78 is 15.8. The van der Waals surface area contributed by atoms with Crippen LogP contribution in [-0.2, 0) is 0 Å². The third kappa shape index (κ3) is 3.04. The Bertz CT molecular complexity index is 1330. The molecule has 150 valence electrons. The van der Waals surface area contributed by atoms with Gasteiger partial charge in [0, 0.05) is 17.6 Å². The van der Waals surface area contributed by atoms with E-state index >= 15 is 0 Å². The number of anilines is 1. The number of aromatic nitrogens is 7. The summed E-state index contributed by atoms with van der Waals surface area (Å²) >= 11 is 0. The molecule has 5 aromatic rings. The lowest BCUT2D eigenvalue weighted by atomic mass is 9.98. The summed E-state index contributed by atoms with van der Waals surface area (Å²) in [4.78, 5) is 20.0. The van der Waals surface area contributed by atoms with E-state index in [0.717, 1.165) is 22.3 Å². The van der Waals surface area contributed by atoms with Crippen molar-refractivity contribution < 1.29 is 4.39 Å². The number of nitrogens with zero attached hydrogens (tertiary/aromatic N) is 6. The first-order chi connectivity index (χ1) is 14.6. The van der Waals surface area contributed by atoms with Gasteiger partial charge >= 0.3 is 0 Å². The van der Waals surface area contributed by atoms with Gasteiger partial charge in [0.05, 0.1) is 35.5 Å². The van der Waals surface area contributed by atoms with E-state index < -0.39 is 0 Å². The molecular weight excluding hydrogens is 383 g/mol. The molecule has 0 radical (unpaired) electrons. The van der Waals surface area contributed by atoms with Gasteiger partial charge in [-0.05, 0) is 30.2 Å². The van der Waals surface area contributed by atoms with E-state index in [1.807, 2.05) is 12.1 Å². The van der Waals surface area contributed by atoms with Crippen molar-refractivity contribution in [2.24, 2.45) is 5.92 Å². The highest BCUT2D eigenvalue weighted by molar-refractivity contribution is 5.86. The van der Waals surface area contributed by atoms with Gasteiger partial charge in [0.15, 0.2) is 11.5 Å². The smallest absolute Gasteiger partial charge is 0.182 e. The second kappa shape index (κ2) is 7.18. The molecular formula is C21H19FN8. The van der Waals surface area contributed by atoms with Crippen LogP contribution in [0.3, 0.4) is 0 Å². The van der Waals surface area contributed by atoms with Crippen molar-refractivity contribution >= 4 is 27.9 Å². The zero-order chi connectivity index (χ0) is 20.7. The first-order valence-electron chi connectivity index (χ1n) is 9.61. The van der Waals surface area contributed by atoms with Crippen LogP contribution in [0.2, 0.25) is 0 Å². The molecule has 4 heterocycles. The molecule has 5 rings (SSSR count). The molecule has 30 heavy (non-hydrogen) atoms. The lowest BCUT2D eigenvalue weighted by molar-refractivity contribution is 0.532. The number of hydrogen-bond acceptors (Lipinski definition) is 6. The van der Waals surface area contributed by atoms with Crippen LogP contribution in [-0.4, -0.2) is 34.7 Å². The summed E-state index contributed by atoms with van der Waals surface area (Å²) in [6.07, 6.45) is 6.46. The highest BCUT2D eigenvalue weighted by atomic mass is 19.1. The number of aromatic amines is 1. The number of imidazole rings is 1. The normalized spacial score (nSPS) is 12.7. The van der Waals surface area contributed by atoms with Gasteiger partial charge < -0.3 is 10.3 Å². The zero-order valence-electron chi connectivity index (χ0n) is 16.4. The fourth-order valence-corrected chi connectivity index (χ4v) is 3.59. The molecule has 1 unspecified atom stereocenters. The Morgan fingerprint density at radius 2 is 2.03 bits per heavy atom. The monoisotopic (exact) mass is 402 g/mol. The van der Waals surface area contributed by atoms with Crippen molar-refractivity contribution in [3.63, 3.8) is 0 Å². The standard InChI is InChI=1S/C21H19FN8/c1-12(2)17(28-21-19-20(25-10-24-19)26-11-27-21)18-15-6-5-13(22)8-16(15)30(29-18)14-4-3-7-23-9-14/h3-12,17H,1-2H3,(H2,24,25,26,27,28). The highest BCUT2D eigenvalue weighted by Crippen LogP contribution is 2.33. The number of hydrogen-bond donors (Lipinski definition) is 2. The predicted octanol–water partition coefficient (Wildman–Crippen LogP) is 4.04. The Morgan fingerprint density at radius 3 is 2.83 bits per heavy atom. The van der Waals surface area contributed by atoms with E-state index in [1.165, 1.54) is 18.5 Å². The van der Waals surface area contributed by atoms with Crippen LogP contribution in [0.1, 0.15) is 25.6 Å². The summed E-state index contributed by atoms with van der Waals surface area (Å²) in [5.74, 6) is 0.494. The van der Waals surface area contributed by atoms with Crippen molar-refractivity contribution in [3.05, 3.63) is 66.9 Å². The number of fused-ring (bicyclic) bond motifs is 2. The van der Waals surface area contributed by atoms with Crippen LogP contribution in [0.15, 0.2) is 55.4 Å². The average Bonchev–Trinajstić information content (AvgIpc) is 3.37. The van der Waals surface area contributed by atoms with Gasteiger partial charge in [-0.15, -0.1) is 0 Å². The predicted molar refractivity (Wildman–Crippen MR) is 112 cm³/mol. The van der Waals surface area contributed by atoms with Crippen molar-refractivity contribution in [1.29, 1.82) is 0 Å². The molecule has 1 atom stereocenters. The van der Waals surface area contributed by atoms with Crippen molar-refractivity contribution in [2.45, 2.75) is 19.9 Å². The number of halogens is 1. The Morgan fingerprint density at radius 1 is 1.13 bits per heavy atom. The zero-order valence-corrected chi connectivity index (χ0v) is 16.4. The maximum absolute atomic E-state index is 14.1. The quantitative estimate of drug-likeness (QED) is 0.461. The first-order valence-corrected chi connectivity index (χ1v) is 9.61. The number of nitrogens with one attached hydrogen (secondary N) is 2. The molecule has 0 spiro atoms. The van der Waals surface area contributed by atoms with Crippen molar-refractivity contribution in [2.75, 3.05) is 5.32 Å². The third-order valence-corrected chi connectivity index (χ3v) is 5.04. The molecule has 2 N–H and O–H groups in total. The molecule has 0 aliphatic carbocycles. The number of benzene rings is 1. The van der Waals surface area contributed by atoms with Gasteiger partial charge in [0.25, 0.3) is 0 Å². The van der Waals surface area contributed by atoms with E-state index in [9.17, 15) is 4.39 Å². The maximum atomic E-state index is 14.1. The fraction of sp³-hybridized carbons (Fsp3) is 0.190. The van der Waals surface area contributed by atoms with Crippen molar-refractivity contribution in [1.82, 2.24) is 34.7 Å². The summed E-state index contributed by atoms with van der Waals surface area (Å²) in [5.41, 5.74) is 3.56. The Hall–Kier alpha value is -3.88. The lowest BCUT2D eigenvalue weighted by Crippen LogP contribution is -2.19. The van der Waals surface area contributed by atoms with Crippen LogP contribution < -0.4 is 5.32 Å². The van der Waals surface area contributed by atoms with Gasteiger partial charge in [-0.2, -0.15) is 5.10 Å². The lowest BCUT2D eigenvalue weighted by Gasteiger charge is -2.21. The Kier molecular flexibility index (Phi) is 4.35. The molecule has 1 aromatic carbocycles. The molecule has 0 aliphatic rings. The largest absolute Gasteiger partial charge is 0.359 e. The van der Waals surface area contributed by atoms with Crippen LogP contribution in [0, 0.1) is 11.7 Å². The summed E-state index contributed by atoms with van der Waals surface area (Å²) in [7, 11) is 0. The van der Waals surface area contributed by atoms with Crippen LogP contribution in [0.5, 0.6) is 0 Å². The van der Waals surface area contributed by atoms with E-state index in [4.69, 9.17) is 5.10 Å². The molecule has 0 fully saturated rings. The minimum atomic E-state index is -0.317. The van der Waals surface area contributed by atoms with Crippen LogP contribution in [0.4, 0.5) is 10.2 Å². The molecule has 4 aromatic heterocycles. The van der Waals surface area contributed by atoms with Crippen LogP contribution >= 0.6 is 0 Å². The van der Waals surface area contributed by atoms with E-state index in [0.29, 0.717) is 17.0 Å². The molecule has 0 aliphatic heterocycles. The Labute approximate surface area is 171 Å². The molecule has 0 bridgehead atoms. The average molecular weight is 402 g/mol. The van der Waals surface area contributed by atoms with Crippen molar-refractivity contribution in [3.8, 4) is 5.69 Å². The van der Waals surface area contributed by atoms with Crippen LogP contribution in [0.25, 0.3) is 27.8 Å². The molecule has 0 saturated carbocycles. The molecule has 0 amide bonds. The topological polar surface area (TPSA) is 97.2 Å². The van der Waals surface area contributed by atoms with E-state index in [2.05, 4.69) is 44.1 Å².